The fourth-order valence-electron chi connectivity index (χ4n) is 2.89. The van der Waals surface area contributed by atoms with E-state index < -0.39 is 0 Å². The lowest BCUT2D eigenvalue weighted by molar-refractivity contribution is -0.119. The summed E-state index contributed by atoms with van der Waals surface area (Å²) in [4.78, 5) is 26.2. The first kappa shape index (κ1) is 15.4. The van der Waals surface area contributed by atoms with Crippen LogP contribution in [0.4, 0.5) is 11.8 Å². The lowest BCUT2D eigenvalue weighted by Gasteiger charge is -2.31. The molecule has 1 atom stereocenters. The van der Waals surface area contributed by atoms with Crippen LogP contribution in [0.15, 0.2) is 36.7 Å². The highest BCUT2D eigenvalue weighted by Crippen LogP contribution is 2.26. The second kappa shape index (κ2) is 7.15. The summed E-state index contributed by atoms with van der Waals surface area (Å²) in [7, 11) is 0. The summed E-state index contributed by atoms with van der Waals surface area (Å²) in [5.74, 6) is 1.27. The van der Waals surface area contributed by atoms with Gasteiger partial charge in [0.25, 0.3) is 0 Å². The number of anilines is 2. The minimum atomic E-state index is -0.282. The van der Waals surface area contributed by atoms with Gasteiger partial charge in [-0.15, -0.1) is 0 Å². The number of carbonyl (C=O) groups excluding carboxylic acids is 1. The Kier molecular flexibility index (Phi) is 4.77. The molecule has 0 radical (unpaired) electrons. The van der Waals surface area contributed by atoms with Crippen molar-refractivity contribution in [3.63, 3.8) is 0 Å². The number of piperidine rings is 1. The van der Waals surface area contributed by atoms with Crippen LogP contribution in [-0.4, -0.2) is 45.4 Å². The van der Waals surface area contributed by atoms with E-state index in [9.17, 15) is 4.79 Å². The molecule has 2 aromatic heterocycles. The molecule has 0 spiro atoms. The molecule has 1 aliphatic heterocycles. The van der Waals surface area contributed by atoms with Crippen LogP contribution in [0.1, 0.15) is 24.5 Å². The fraction of sp³-hybridized carbons (Fsp3) is 0.375. The van der Waals surface area contributed by atoms with Crippen molar-refractivity contribution in [3.05, 3.63) is 42.4 Å². The van der Waals surface area contributed by atoms with Crippen molar-refractivity contribution in [1.29, 1.82) is 0 Å². The number of nitrogens with zero attached hydrogens (tertiary/aromatic N) is 4. The summed E-state index contributed by atoms with van der Waals surface area (Å²) in [5.41, 5.74) is 6.31. The number of carbonyl (C=O) groups is 1. The van der Waals surface area contributed by atoms with E-state index in [1.807, 2.05) is 18.2 Å². The predicted octanol–water partition coefficient (Wildman–Crippen LogP) is 1.28. The van der Waals surface area contributed by atoms with Crippen molar-refractivity contribution >= 4 is 17.7 Å². The Morgan fingerprint density at radius 1 is 1.30 bits per heavy atom. The van der Waals surface area contributed by atoms with Crippen LogP contribution in [0, 0.1) is 0 Å². The quantitative estimate of drug-likeness (QED) is 0.863. The van der Waals surface area contributed by atoms with Gasteiger partial charge in [-0.2, -0.15) is 0 Å². The monoisotopic (exact) mass is 312 g/mol. The molecule has 0 saturated carbocycles. The van der Waals surface area contributed by atoms with E-state index in [1.165, 1.54) is 0 Å². The first-order valence-electron chi connectivity index (χ1n) is 7.72. The van der Waals surface area contributed by atoms with Gasteiger partial charge in [0.15, 0.2) is 0 Å². The number of hydrogen-bond donors (Lipinski definition) is 2. The molecule has 120 valence electrons. The van der Waals surface area contributed by atoms with Crippen molar-refractivity contribution in [2.45, 2.75) is 18.8 Å². The largest absolute Gasteiger partial charge is 0.369 e. The maximum absolute atomic E-state index is 11.1. The van der Waals surface area contributed by atoms with Gasteiger partial charge in [-0.1, -0.05) is 6.07 Å². The molecule has 3 heterocycles. The minimum Gasteiger partial charge on any atom is -0.369 e. The molecule has 1 unspecified atom stereocenters. The van der Waals surface area contributed by atoms with Gasteiger partial charge in [-0.25, -0.2) is 15.0 Å². The van der Waals surface area contributed by atoms with Gasteiger partial charge in [-0.05, 0) is 37.6 Å². The van der Waals surface area contributed by atoms with Crippen LogP contribution in [0.2, 0.25) is 0 Å². The van der Waals surface area contributed by atoms with Crippen molar-refractivity contribution in [3.8, 4) is 0 Å². The zero-order valence-electron chi connectivity index (χ0n) is 12.9. The smallest absolute Gasteiger partial charge is 0.231 e. The minimum absolute atomic E-state index is 0.282. The molecule has 7 nitrogen and oxygen atoms in total. The molecule has 1 aliphatic rings. The molecule has 23 heavy (non-hydrogen) atoms. The molecular weight excluding hydrogens is 292 g/mol. The Morgan fingerprint density at radius 2 is 2.13 bits per heavy atom. The van der Waals surface area contributed by atoms with E-state index >= 15 is 0 Å². The van der Waals surface area contributed by atoms with Gasteiger partial charge in [0.1, 0.15) is 5.82 Å². The Morgan fingerprint density at radius 3 is 2.91 bits per heavy atom. The van der Waals surface area contributed by atoms with E-state index in [2.05, 4.69) is 25.2 Å². The Bertz CT molecular complexity index is 663. The topological polar surface area (TPSA) is 97.0 Å². The third kappa shape index (κ3) is 4.23. The number of nitrogens with one attached hydrogen (secondary N) is 1. The van der Waals surface area contributed by atoms with Crippen LogP contribution < -0.4 is 11.1 Å². The first-order valence-corrected chi connectivity index (χ1v) is 7.72. The summed E-state index contributed by atoms with van der Waals surface area (Å²) >= 11 is 0. The molecule has 1 fully saturated rings. The number of amides is 1. The molecular formula is C16H20N6O. The van der Waals surface area contributed by atoms with Gasteiger partial charge in [-0.3, -0.25) is 9.69 Å². The van der Waals surface area contributed by atoms with E-state index in [-0.39, 0.29) is 5.91 Å². The highest BCUT2D eigenvalue weighted by molar-refractivity contribution is 5.75. The van der Waals surface area contributed by atoms with Crippen LogP contribution in [0.3, 0.4) is 0 Å². The van der Waals surface area contributed by atoms with Gasteiger partial charge < -0.3 is 11.1 Å². The third-order valence-corrected chi connectivity index (χ3v) is 3.88. The molecule has 0 aliphatic carbocycles. The summed E-state index contributed by atoms with van der Waals surface area (Å²) in [6.45, 7) is 2.03. The van der Waals surface area contributed by atoms with Gasteiger partial charge >= 0.3 is 0 Å². The molecule has 3 rings (SSSR count). The van der Waals surface area contributed by atoms with Gasteiger partial charge in [0.05, 0.1) is 6.54 Å². The Balaban J connectivity index is 1.70. The van der Waals surface area contributed by atoms with E-state index in [4.69, 9.17) is 5.73 Å². The van der Waals surface area contributed by atoms with Crippen molar-refractivity contribution in [1.82, 2.24) is 19.9 Å². The summed E-state index contributed by atoms with van der Waals surface area (Å²) in [6.07, 6.45) is 5.47. The Labute approximate surface area is 135 Å². The number of aromatic nitrogens is 3. The fourth-order valence-corrected chi connectivity index (χ4v) is 2.89. The predicted molar refractivity (Wildman–Crippen MR) is 87.2 cm³/mol. The van der Waals surface area contributed by atoms with Crippen LogP contribution in [0.25, 0.3) is 0 Å². The van der Waals surface area contributed by atoms with E-state index in [1.54, 1.807) is 18.5 Å². The molecule has 1 saturated heterocycles. The van der Waals surface area contributed by atoms with Crippen molar-refractivity contribution < 1.29 is 4.79 Å². The number of primary amides is 1. The number of nitrogens with two attached hydrogens (primary N) is 1. The second-order valence-corrected chi connectivity index (χ2v) is 5.69. The number of likely N-dealkylation sites (tertiary alicyclic amines) is 1. The maximum Gasteiger partial charge on any atom is 0.231 e. The van der Waals surface area contributed by atoms with Crippen LogP contribution in [-0.2, 0) is 4.79 Å². The molecule has 1 amide bonds. The number of hydrogen-bond acceptors (Lipinski definition) is 6. The van der Waals surface area contributed by atoms with Crippen LogP contribution in [0.5, 0.6) is 0 Å². The number of pyridine rings is 1. The molecule has 3 N–H and O–H groups in total. The zero-order chi connectivity index (χ0) is 16.1. The summed E-state index contributed by atoms with van der Waals surface area (Å²) < 4.78 is 0. The normalized spacial score (nSPS) is 18.5. The third-order valence-electron chi connectivity index (χ3n) is 3.88. The van der Waals surface area contributed by atoms with Gasteiger partial charge in [0, 0.05) is 30.6 Å². The molecule has 2 aromatic rings. The lowest BCUT2D eigenvalue weighted by Crippen LogP contribution is -2.40. The second-order valence-electron chi connectivity index (χ2n) is 5.69. The van der Waals surface area contributed by atoms with Crippen molar-refractivity contribution in [2.75, 3.05) is 25.0 Å². The highest BCUT2D eigenvalue weighted by Gasteiger charge is 2.23. The lowest BCUT2D eigenvalue weighted by atomic mass is 9.94. The summed E-state index contributed by atoms with van der Waals surface area (Å²) in [6, 6.07) is 7.66. The van der Waals surface area contributed by atoms with E-state index in [0.29, 0.717) is 18.4 Å². The maximum atomic E-state index is 11.1. The Hall–Kier alpha value is -2.54. The zero-order valence-corrected chi connectivity index (χ0v) is 12.9. The van der Waals surface area contributed by atoms with Crippen molar-refractivity contribution in [2.24, 2.45) is 5.73 Å². The molecule has 7 heteroatoms. The average molecular weight is 312 g/mol. The molecule has 0 aromatic carbocycles. The SMILES string of the molecule is NC(=O)CN1CCCC(c2cccc(Nc3ncccn3)n2)C1. The standard InChI is InChI=1S/C16H20N6O/c17-14(23)11-22-9-2-4-12(10-22)13-5-1-6-15(20-13)21-16-18-7-3-8-19-16/h1,3,5-8,12H,2,4,9-11H2,(H2,17,23)(H,18,19,20,21). The number of rotatable bonds is 5. The van der Waals surface area contributed by atoms with E-state index in [0.717, 1.165) is 37.4 Å². The van der Waals surface area contributed by atoms with Gasteiger partial charge in [0.2, 0.25) is 11.9 Å². The average Bonchev–Trinajstić information content (AvgIpc) is 2.56. The highest BCUT2D eigenvalue weighted by atomic mass is 16.1. The molecule has 0 bridgehead atoms. The first-order chi connectivity index (χ1) is 11.2. The summed E-state index contributed by atoms with van der Waals surface area (Å²) in [5, 5.41) is 3.11. The van der Waals surface area contributed by atoms with Crippen LogP contribution >= 0.6 is 0 Å².